The Hall–Kier alpha value is -1.63. The molecule has 0 aromatic carbocycles. The molecule has 3 aliphatic heterocycles. The molecular weight excluding hydrogens is 322 g/mol. The summed E-state index contributed by atoms with van der Waals surface area (Å²) < 4.78 is 5.12. The molecule has 3 aliphatic rings. The number of likely N-dealkylation sites (tertiary alicyclic amines) is 3. The van der Waals surface area contributed by atoms with Gasteiger partial charge in [0.25, 0.3) is 0 Å². The molecule has 3 heterocycles. The van der Waals surface area contributed by atoms with Crippen LogP contribution in [0.5, 0.6) is 0 Å². The van der Waals surface area contributed by atoms with Crippen LogP contribution >= 0.6 is 0 Å². The maximum Gasteiger partial charge on any atom is 0.328 e. The van der Waals surface area contributed by atoms with Crippen molar-refractivity contribution in [2.24, 2.45) is 0 Å². The molecule has 7 nitrogen and oxygen atoms in total. The second kappa shape index (κ2) is 7.72. The van der Waals surface area contributed by atoms with Gasteiger partial charge in [0.2, 0.25) is 11.8 Å². The van der Waals surface area contributed by atoms with Gasteiger partial charge >= 0.3 is 5.97 Å². The average molecular weight is 351 g/mol. The largest absolute Gasteiger partial charge is 0.464 e. The first-order valence-corrected chi connectivity index (χ1v) is 9.52. The molecule has 140 valence electrons. The normalized spacial score (nSPS) is 30.1. The lowest BCUT2D eigenvalue weighted by molar-refractivity contribution is -0.155. The van der Waals surface area contributed by atoms with Crippen LogP contribution in [-0.4, -0.2) is 83.9 Å². The molecule has 3 saturated heterocycles. The van der Waals surface area contributed by atoms with Crippen molar-refractivity contribution >= 4 is 17.8 Å². The number of amides is 2. The maximum absolute atomic E-state index is 13.1. The van der Waals surface area contributed by atoms with Gasteiger partial charge in [0.05, 0.1) is 12.6 Å². The van der Waals surface area contributed by atoms with Crippen molar-refractivity contribution in [1.29, 1.82) is 0 Å². The molecule has 2 amide bonds. The molecule has 0 bridgehead atoms. The molecule has 0 radical (unpaired) electrons. The van der Waals surface area contributed by atoms with E-state index >= 15 is 0 Å². The van der Waals surface area contributed by atoms with E-state index in [0.717, 1.165) is 32.2 Å². The van der Waals surface area contributed by atoms with E-state index < -0.39 is 12.1 Å². The molecule has 0 spiro atoms. The Labute approximate surface area is 149 Å². The molecule has 7 heteroatoms. The smallest absolute Gasteiger partial charge is 0.328 e. The minimum Gasteiger partial charge on any atom is -0.464 e. The van der Waals surface area contributed by atoms with Crippen LogP contribution in [0.4, 0.5) is 0 Å². The summed E-state index contributed by atoms with van der Waals surface area (Å²) >= 11 is 0. The molecule has 0 N–H and O–H groups in total. The number of carbonyl (C=O) groups excluding carboxylic acids is 3. The first-order chi connectivity index (χ1) is 12.0. The van der Waals surface area contributed by atoms with E-state index in [1.165, 1.54) is 0 Å². The van der Waals surface area contributed by atoms with Crippen LogP contribution in [-0.2, 0) is 19.1 Å². The highest BCUT2D eigenvalue weighted by Crippen LogP contribution is 2.28. The molecular formula is C18H29N3O4. The third-order valence-electron chi connectivity index (χ3n) is 5.72. The number of ether oxygens (including phenoxy) is 1. The zero-order chi connectivity index (χ0) is 18.0. The minimum absolute atomic E-state index is 0.0720. The fourth-order valence-electron chi connectivity index (χ4n) is 4.41. The third-order valence-corrected chi connectivity index (χ3v) is 5.72. The lowest BCUT2D eigenvalue weighted by atomic mass is 10.1. The molecule has 0 aromatic heterocycles. The Bertz CT molecular complexity index is 538. The Morgan fingerprint density at radius 1 is 0.840 bits per heavy atom. The fourth-order valence-corrected chi connectivity index (χ4v) is 4.41. The predicted octanol–water partition coefficient (Wildman–Crippen LogP) is 0.626. The van der Waals surface area contributed by atoms with E-state index in [-0.39, 0.29) is 23.8 Å². The maximum atomic E-state index is 13.1. The Morgan fingerprint density at radius 2 is 1.36 bits per heavy atom. The predicted molar refractivity (Wildman–Crippen MR) is 91.8 cm³/mol. The second-order valence-corrected chi connectivity index (χ2v) is 7.27. The van der Waals surface area contributed by atoms with Crippen LogP contribution in [0.1, 0.15) is 45.4 Å². The van der Waals surface area contributed by atoms with Crippen LogP contribution in [0.25, 0.3) is 0 Å². The van der Waals surface area contributed by atoms with Gasteiger partial charge in [-0.1, -0.05) is 0 Å². The van der Waals surface area contributed by atoms with E-state index in [2.05, 4.69) is 4.90 Å². The Morgan fingerprint density at radius 3 is 1.96 bits per heavy atom. The highest BCUT2D eigenvalue weighted by molar-refractivity contribution is 5.93. The first-order valence-electron chi connectivity index (χ1n) is 9.52. The van der Waals surface area contributed by atoms with Gasteiger partial charge in [-0.05, 0) is 59.0 Å². The fraction of sp³-hybridized carbons (Fsp3) is 0.833. The lowest BCUT2D eigenvalue weighted by Gasteiger charge is -2.33. The van der Waals surface area contributed by atoms with Crippen molar-refractivity contribution in [3.8, 4) is 0 Å². The first kappa shape index (κ1) is 18.2. The zero-order valence-electron chi connectivity index (χ0n) is 15.3. The van der Waals surface area contributed by atoms with Crippen LogP contribution in [0.2, 0.25) is 0 Å². The molecule has 0 saturated carbocycles. The van der Waals surface area contributed by atoms with Crippen LogP contribution in [0.15, 0.2) is 0 Å². The van der Waals surface area contributed by atoms with Gasteiger partial charge in [-0.25, -0.2) is 4.79 Å². The third kappa shape index (κ3) is 3.52. The van der Waals surface area contributed by atoms with Crippen LogP contribution in [0.3, 0.4) is 0 Å². The summed E-state index contributed by atoms with van der Waals surface area (Å²) in [6, 6.07) is -1.01. The second-order valence-electron chi connectivity index (χ2n) is 7.27. The van der Waals surface area contributed by atoms with Gasteiger partial charge in [-0.2, -0.15) is 0 Å². The number of esters is 1. The van der Waals surface area contributed by atoms with E-state index in [9.17, 15) is 14.4 Å². The van der Waals surface area contributed by atoms with Gasteiger partial charge in [-0.15, -0.1) is 0 Å². The number of likely N-dealkylation sites (N-methyl/N-ethyl adjacent to an activating group) is 1. The van der Waals surface area contributed by atoms with Crippen molar-refractivity contribution in [3.63, 3.8) is 0 Å². The topological polar surface area (TPSA) is 70.2 Å². The van der Waals surface area contributed by atoms with Gasteiger partial charge in [-0.3, -0.25) is 14.5 Å². The molecule has 0 unspecified atom stereocenters. The molecule has 25 heavy (non-hydrogen) atoms. The SMILES string of the molecule is CCOC(=O)[C@@H]1CCCN1C(=O)[C@@H]1CCCN1C(=O)[C@@H]1CCCN1C. The van der Waals surface area contributed by atoms with Crippen molar-refractivity contribution < 1.29 is 19.1 Å². The summed E-state index contributed by atoms with van der Waals surface area (Å²) in [7, 11) is 1.97. The number of nitrogens with zero attached hydrogens (tertiary/aromatic N) is 3. The van der Waals surface area contributed by atoms with E-state index in [0.29, 0.717) is 32.5 Å². The van der Waals surface area contributed by atoms with E-state index in [1.807, 2.05) is 7.05 Å². The van der Waals surface area contributed by atoms with E-state index in [1.54, 1.807) is 16.7 Å². The number of carbonyl (C=O) groups is 3. The van der Waals surface area contributed by atoms with Crippen molar-refractivity contribution in [3.05, 3.63) is 0 Å². The molecule has 0 aromatic rings. The van der Waals surface area contributed by atoms with Crippen LogP contribution in [0, 0.1) is 0 Å². The summed E-state index contributed by atoms with van der Waals surface area (Å²) in [5, 5.41) is 0. The van der Waals surface area contributed by atoms with Crippen molar-refractivity contribution in [2.45, 2.75) is 63.6 Å². The summed E-state index contributed by atoms with van der Waals surface area (Å²) in [6.07, 6.45) is 4.87. The van der Waals surface area contributed by atoms with Crippen molar-refractivity contribution in [1.82, 2.24) is 14.7 Å². The monoisotopic (exact) mass is 351 g/mol. The van der Waals surface area contributed by atoms with Gasteiger partial charge in [0, 0.05) is 13.1 Å². The van der Waals surface area contributed by atoms with Crippen molar-refractivity contribution in [2.75, 3.05) is 33.3 Å². The average Bonchev–Trinajstić information content (AvgIpc) is 3.33. The number of rotatable bonds is 4. The Kier molecular flexibility index (Phi) is 5.61. The summed E-state index contributed by atoms with van der Waals surface area (Å²) in [6.45, 7) is 4.23. The highest BCUT2D eigenvalue weighted by atomic mass is 16.5. The minimum atomic E-state index is -0.487. The quantitative estimate of drug-likeness (QED) is 0.695. The van der Waals surface area contributed by atoms with Gasteiger partial charge < -0.3 is 14.5 Å². The zero-order valence-corrected chi connectivity index (χ0v) is 15.3. The van der Waals surface area contributed by atoms with Gasteiger partial charge in [0.1, 0.15) is 12.1 Å². The Balaban J connectivity index is 1.70. The summed E-state index contributed by atoms with van der Waals surface area (Å²) in [4.78, 5) is 43.6. The summed E-state index contributed by atoms with van der Waals surface area (Å²) in [5.41, 5.74) is 0. The lowest BCUT2D eigenvalue weighted by Crippen LogP contribution is -2.54. The highest BCUT2D eigenvalue weighted by Gasteiger charge is 2.44. The number of hydrogen-bond acceptors (Lipinski definition) is 5. The summed E-state index contributed by atoms with van der Waals surface area (Å²) in [5.74, 6) is -0.329. The molecule has 3 atom stereocenters. The van der Waals surface area contributed by atoms with Crippen LogP contribution < -0.4 is 0 Å². The molecule has 0 aliphatic carbocycles. The number of hydrogen-bond donors (Lipinski definition) is 0. The molecule has 3 rings (SSSR count). The standard InChI is InChI=1S/C18H29N3O4/c1-3-25-18(24)15-9-6-12-21(15)17(23)14-8-5-11-20(14)16(22)13-7-4-10-19(13)2/h13-15H,3-12H2,1-2H3/t13-,14-,15-/m0/s1. The van der Waals surface area contributed by atoms with E-state index in [4.69, 9.17) is 4.74 Å². The van der Waals surface area contributed by atoms with Gasteiger partial charge in [0.15, 0.2) is 0 Å². The molecule has 3 fully saturated rings.